The van der Waals surface area contributed by atoms with E-state index in [9.17, 15) is 0 Å². The van der Waals surface area contributed by atoms with E-state index in [2.05, 4.69) is 10.3 Å². The molecule has 1 aromatic heterocycles. The van der Waals surface area contributed by atoms with Crippen molar-refractivity contribution in [2.45, 2.75) is 13.8 Å². The molecule has 0 aliphatic heterocycles. The summed E-state index contributed by atoms with van der Waals surface area (Å²) in [5.74, 6) is 0.677. The Morgan fingerprint density at radius 2 is 2.29 bits per heavy atom. The van der Waals surface area contributed by atoms with Crippen LogP contribution < -0.4 is 5.32 Å². The fourth-order valence-corrected chi connectivity index (χ4v) is 1.44. The lowest BCUT2D eigenvalue weighted by molar-refractivity contribution is 0.561. The molecule has 14 heavy (non-hydrogen) atoms. The molecule has 0 spiro atoms. The molecule has 72 valence electrons. The van der Waals surface area contributed by atoms with Gasteiger partial charge < -0.3 is 9.73 Å². The number of oxazole rings is 1. The second kappa shape index (κ2) is 3.38. The molecule has 0 aliphatic carbocycles. The van der Waals surface area contributed by atoms with Gasteiger partial charge >= 0.3 is 0 Å². The summed E-state index contributed by atoms with van der Waals surface area (Å²) in [4.78, 5) is 4.97. The van der Waals surface area contributed by atoms with E-state index in [-0.39, 0.29) is 0 Å². The zero-order valence-corrected chi connectivity index (χ0v) is 8.81. The quantitative estimate of drug-likeness (QED) is 0.728. The molecule has 2 rings (SSSR count). The van der Waals surface area contributed by atoms with Gasteiger partial charge in [0, 0.05) is 12.6 Å². The van der Waals surface area contributed by atoms with Crippen molar-refractivity contribution in [3.8, 4) is 0 Å². The third-order valence-corrected chi connectivity index (χ3v) is 1.92. The Balaban J connectivity index is 2.45. The highest BCUT2D eigenvalue weighted by Gasteiger charge is 2.02. The summed E-state index contributed by atoms with van der Waals surface area (Å²) in [7, 11) is 0. The first-order valence-corrected chi connectivity index (χ1v) is 4.71. The van der Waals surface area contributed by atoms with Crippen molar-refractivity contribution < 1.29 is 4.42 Å². The maximum Gasteiger partial charge on any atom is 0.192 e. The van der Waals surface area contributed by atoms with E-state index in [1.165, 1.54) is 0 Å². The lowest BCUT2D eigenvalue weighted by atomic mass is 10.3. The average Bonchev–Trinajstić information content (AvgIpc) is 2.42. The number of fused-ring (bicyclic) bond motifs is 1. The number of hydrogen-bond donors (Lipinski definition) is 1. The highest BCUT2D eigenvalue weighted by atomic mass is 32.1. The Kier molecular flexibility index (Phi) is 2.21. The van der Waals surface area contributed by atoms with Crippen molar-refractivity contribution in [2.24, 2.45) is 0 Å². The normalized spacial score (nSPS) is 10.4. The molecule has 2 aromatic rings. The van der Waals surface area contributed by atoms with Crippen LogP contribution in [0.1, 0.15) is 12.8 Å². The summed E-state index contributed by atoms with van der Waals surface area (Å²) in [6.45, 7) is 3.67. The number of aromatic nitrogens is 1. The zero-order valence-electron chi connectivity index (χ0n) is 8.00. The lowest BCUT2D eigenvalue weighted by Crippen LogP contribution is -2.02. The van der Waals surface area contributed by atoms with Crippen LogP contribution in [-0.2, 0) is 0 Å². The molecule has 0 aliphatic rings. The third-order valence-electron chi connectivity index (χ3n) is 1.81. The topological polar surface area (TPSA) is 38.1 Å². The van der Waals surface area contributed by atoms with Crippen molar-refractivity contribution in [1.82, 2.24) is 4.98 Å². The van der Waals surface area contributed by atoms with E-state index < -0.39 is 0 Å². The van der Waals surface area contributed by atoms with E-state index in [4.69, 9.17) is 16.6 Å². The summed E-state index contributed by atoms with van der Waals surface area (Å²) in [6, 6.07) is 5.72. The van der Waals surface area contributed by atoms with Crippen LogP contribution in [0.2, 0.25) is 0 Å². The first-order chi connectivity index (χ1) is 6.65. The molecule has 0 atom stereocenters. The second-order valence-corrected chi connectivity index (χ2v) is 3.71. The van der Waals surface area contributed by atoms with Gasteiger partial charge in [-0.1, -0.05) is 12.2 Å². The Labute approximate surface area is 87.1 Å². The van der Waals surface area contributed by atoms with Gasteiger partial charge in [0.2, 0.25) is 0 Å². The van der Waals surface area contributed by atoms with Crippen LogP contribution >= 0.6 is 12.2 Å². The first-order valence-electron chi connectivity index (χ1n) is 4.30. The zero-order chi connectivity index (χ0) is 10.1. The first kappa shape index (κ1) is 9.15. The van der Waals surface area contributed by atoms with Crippen LogP contribution in [0.5, 0.6) is 0 Å². The number of anilines is 1. The predicted molar refractivity (Wildman–Crippen MR) is 60.6 cm³/mol. The molecular formula is C10H10N2OS. The van der Waals surface area contributed by atoms with Crippen LogP contribution in [0.15, 0.2) is 22.6 Å². The van der Waals surface area contributed by atoms with Crippen LogP contribution in [0, 0.1) is 6.92 Å². The Hall–Kier alpha value is -1.42. The van der Waals surface area contributed by atoms with Gasteiger partial charge in [0.15, 0.2) is 11.5 Å². The van der Waals surface area contributed by atoms with Gasteiger partial charge in [-0.2, -0.15) is 0 Å². The average molecular weight is 206 g/mol. The van der Waals surface area contributed by atoms with Crippen LogP contribution in [0.4, 0.5) is 5.69 Å². The molecule has 4 heteroatoms. The van der Waals surface area contributed by atoms with Crippen molar-refractivity contribution in [1.29, 1.82) is 0 Å². The molecule has 0 fully saturated rings. The third kappa shape index (κ3) is 1.75. The number of rotatable bonds is 1. The van der Waals surface area contributed by atoms with Gasteiger partial charge in [0.05, 0.1) is 4.99 Å². The summed E-state index contributed by atoms with van der Waals surface area (Å²) in [5.41, 5.74) is 2.59. The van der Waals surface area contributed by atoms with Crippen molar-refractivity contribution in [3.63, 3.8) is 0 Å². The predicted octanol–water partition coefficient (Wildman–Crippen LogP) is 2.90. The van der Waals surface area contributed by atoms with Gasteiger partial charge in [-0.3, -0.25) is 0 Å². The van der Waals surface area contributed by atoms with Crippen LogP contribution in [0.3, 0.4) is 0 Å². The summed E-state index contributed by atoms with van der Waals surface area (Å²) < 4.78 is 5.36. The Morgan fingerprint density at radius 1 is 1.50 bits per heavy atom. The molecular weight excluding hydrogens is 196 g/mol. The monoisotopic (exact) mass is 206 g/mol. The number of aryl methyl sites for hydroxylation is 1. The maximum absolute atomic E-state index is 5.36. The molecule has 0 unspecified atom stereocenters. The molecule has 1 heterocycles. The minimum Gasteiger partial charge on any atom is -0.441 e. The SMILES string of the molecule is CC(=S)Nc1ccc2oc(C)nc2c1. The van der Waals surface area contributed by atoms with E-state index in [0.29, 0.717) is 5.89 Å². The van der Waals surface area contributed by atoms with Gasteiger partial charge in [-0.25, -0.2) is 4.98 Å². The number of hydrogen-bond acceptors (Lipinski definition) is 3. The van der Waals surface area contributed by atoms with E-state index in [1.54, 1.807) is 0 Å². The highest BCUT2D eigenvalue weighted by Crippen LogP contribution is 2.19. The number of nitrogens with zero attached hydrogens (tertiary/aromatic N) is 1. The molecule has 3 nitrogen and oxygen atoms in total. The Bertz CT molecular complexity index is 490. The van der Waals surface area contributed by atoms with Crippen molar-refractivity contribution in [2.75, 3.05) is 5.32 Å². The molecule has 0 saturated carbocycles. The van der Waals surface area contributed by atoms with Crippen molar-refractivity contribution in [3.05, 3.63) is 24.1 Å². The van der Waals surface area contributed by atoms with E-state index >= 15 is 0 Å². The lowest BCUT2D eigenvalue weighted by Gasteiger charge is -2.01. The molecule has 1 aromatic carbocycles. The molecule has 0 amide bonds. The Morgan fingerprint density at radius 3 is 3.00 bits per heavy atom. The molecule has 0 radical (unpaired) electrons. The van der Waals surface area contributed by atoms with Gasteiger partial charge in [-0.05, 0) is 25.1 Å². The fraction of sp³-hybridized carbons (Fsp3) is 0.200. The highest BCUT2D eigenvalue weighted by molar-refractivity contribution is 7.80. The standard InChI is InChI=1S/C10H10N2OS/c1-6-11-9-5-8(12-7(2)14)3-4-10(9)13-6/h3-5H,1-2H3,(H,12,14). The van der Waals surface area contributed by atoms with E-state index in [1.807, 2.05) is 32.0 Å². The second-order valence-electron chi connectivity index (χ2n) is 3.10. The fourth-order valence-electron chi connectivity index (χ4n) is 1.32. The number of thiocarbonyl (C=S) groups is 1. The van der Waals surface area contributed by atoms with Gasteiger partial charge in [-0.15, -0.1) is 0 Å². The number of benzene rings is 1. The minimum atomic E-state index is 0.677. The molecule has 1 N–H and O–H groups in total. The molecule has 0 bridgehead atoms. The van der Waals surface area contributed by atoms with Gasteiger partial charge in [0.25, 0.3) is 0 Å². The van der Waals surface area contributed by atoms with Crippen molar-refractivity contribution >= 4 is 34.0 Å². The van der Waals surface area contributed by atoms with Gasteiger partial charge in [0.1, 0.15) is 5.52 Å². The summed E-state index contributed by atoms with van der Waals surface area (Å²) >= 11 is 4.95. The number of nitrogens with one attached hydrogen (secondary N) is 1. The molecule has 0 saturated heterocycles. The van der Waals surface area contributed by atoms with Crippen LogP contribution in [0.25, 0.3) is 11.1 Å². The maximum atomic E-state index is 5.36. The van der Waals surface area contributed by atoms with E-state index in [0.717, 1.165) is 21.8 Å². The smallest absolute Gasteiger partial charge is 0.192 e. The summed E-state index contributed by atoms with van der Waals surface area (Å²) in [5, 5.41) is 3.06. The van der Waals surface area contributed by atoms with Crippen LogP contribution in [-0.4, -0.2) is 9.97 Å². The summed E-state index contributed by atoms with van der Waals surface area (Å²) in [6.07, 6.45) is 0. The largest absolute Gasteiger partial charge is 0.441 e. The minimum absolute atomic E-state index is 0.677.